The van der Waals surface area contributed by atoms with Crippen LogP contribution in [0.1, 0.15) is 56.6 Å². The molecule has 0 bridgehead atoms. The van der Waals surface area contributed by atoms with Crippen molar-refractivity contribution in [1.29, 1.82) is 0 Å². The number of nitrogens with one attached hydrogen (secondary N) is 7. The largest absolute Gasteiger partial charge is 0.508 e. The number of thiol groups is 2. The van der Waals surface area contributed by atoms with Gasteiger partial charge in [0.1, 0.15) is 48.0 Å². The van der Waals surface area contributed by atoms with Crippen molar-refractivity contribution >= 4 is 90.3 Å². The van der Waals surface area contributed by atoms with Crippen molar-refractivity contribution in [1.82, 2.24) is 42.1 Å². The maximum atomic E-state index is 13.9. The first-order chi connectivity index (χ1) is 33.2. The molecule has 70 heavy (non-hydrogen) atoms. The second-order valence-electron chi connectivity index (χ2n) is 16.3. The summed E-state index contributed by atoms with van der Waals surface area (Å²) in [5.41, 5.74) is 22.6. The first kappa shape index (κ1) is 57.2. The quantitative estimate of drug-likeness (QED) is 0.0167. The smallest absolute Gasteiger partial charge is 0.246 e. The summed E-state index contributed by atoms with van der Waals surface area (Å²) in [6.45, 7) is 0.990. The summed E-state index contributed by atoms with van der Waals surface area (Å²) < 4.78 is 0. The highest BCUT2D eigenvalue weighted by molar-refractivity contribution is 7.80. The first-order valence-corrected chi connectivity index (χ1v) is 23.5. The Balaban J connectivity index is 1.75. The number of phenols is 1. The molecule has 26 heteroatoms. The molecule has 1 fully saturated rings. The van der Waals surface area contributed by atoms with Crippen molar-refractivity contribution in [2.45, 2.75) is 101 Å². The van der Waals surface area contributed by atoms with E-state index in [2.05, 4.69) is 67.5 Å². The Morgan fingerprint density at radius 1 is 0.700 bits per heavy atom. The van der Waals surface area contributed by atoms with Crippen molar-refractivity contribution in [3.05, 3.63) is 65.7 Å². The molecule has 0 spiro atoms. The monoisotopic (exact) mass is 1010 g/mol. The van der Waals surface area contributed by atoms with Gasteiger partial charge in [0.05, 0.1) is 13.0 Å². The van der Waals surface area contributed by atoms with Gasteiger partial charge in [-0.05, 0) is 61.6 Å². The number of carbonyl (C=O) groups excluding carboxylic acids is 10. The number of primary amides is 2. The minimum Gasteiger partial charge on any atom is -0.508 e. The summed E-state index contributed by atoms with van der Waals surface area (Å²) in [4.78, 5) is 137. The highest BCUT2D eigenvalue weighted by atomic mass is 32.1. The third-order valence-electron chi connectivity index (χ3n) is 10.7. The molecule has 10 amide bonds. The van der Waals surface area contributed by atoms with E-state index in [0.29, 0.717) is 17.5 Å². The van der Waals surface area contributed by atoms with Crippen LogP contribution in [-0.2, 0) is 60.8 Å². The highest BCUT2D eigenvalue weighted by Crippen LogP contribution is 2.20. The zero-order valence-corrected chi connectivity index (χ0v) is 40.3. The van der Waals surface area contributed by atoms with Gasteiger partial charge in [0.2, 0.25) is 59.1 Å². The number of phenolic OH excluding ortho intramolecular Hbond substituents is 1. The van der Waals surface area contributed by atoms with E-state index in [-0.39, 0.29) is 74.8 Å². The van der Waals surface area contributed by atoms with Gasteiger partial charge >= 0.3 is 0 Å². The normalized spacial score (nSPS) is 15.5. The van der Waals surface area contributed by atoms with Crippen molar-refractivity contribution in [2.24, 2.45) is 27.9 Å². The molecule has 0 aromatic heterocycles. The lowest BCUT2D eigenvalue weighted by Crippen LogP contribution is -2.60. The van der Waals surface area contributed by atoms with E-state index in [4.69, 9.17) is 22.9 Å². The number of nitrogens with zero attached hydrogens (tertiary/aromatic N) is 2. The molecule has 1 saturated heterocycles. The summed E-state index contributed by atoms with van der Waals surface area (Å²) in [6.07, 6.45) is 0.0415. The predicted octanol–water partition coefficient (Wildman–Crippen LogP) is -4.12. The van der Waals surface area contributed by atoms with E-state index in [1.807, 2.05) is 0 Å². The number of guanidine groups is 1. The summed E-state index contributed by atoms with van der Waals surface area (Å²) >= 11 is 8.33. The van der Waals surface area contributed by atoms with Crippen LogP contribution in [0.5, 0.6) is 5.75 Å². The van der Waals surface area contributed by atoms with Crippen LogP contribution >= 0.6 is 25.3 Å². The fraction of sp³-hybridized carbons (Fsp3) is 0.477. The Kier molecular flexibility index (Phi) is 23.8. The van der Waals surface area contributed by atoms with E-state index >= 15 is 0 Å². The summed E-state index contributed by atoms with van der Waals surface area (Å²) in [7, 11) is 0. The molecule has 16 N–H and O–H groups in total. The van der Waals surface area contributed by atoms with Gasteiger partial charge in [-0.15, -0.1) is 0 Å². The molecular formula is C44H63N13O11S2. The number of amides is 10. The average molecular weight is 1010 g/mol. The third kappa shape index (κ3) is 19.5. The Bertz CT molecular complexity index is 2200. The lowest BCUT2D eigenvalue weighted by molar-refractivity contribution is -0.142. The van der Waals surface area contributed by atoms with Crippen LogP contribution in [0, 0.1) is 0 Å². The Morgan fingerprint density at radius 3 is 1.89 bits per heavy atom. The molecule has 7 atom stereocenters. The van der Waals surface area contributed by atoms with Gasteiger partial charge in [0, 0.05) is 38.1 Å². The van der Waals surface area contributed by atoms with Crippen LogP contribution in [0.15, 0.2) is 59.6 Å². The maximum absolute atomic E-state index is 13.9. The Morgan fingerprint density at radius 2 is 1.29 bits per heavy atom. The molecule has 0 saturated carbocycles. The van der Waals surface area contributed by atoms with Gasteiger partial charge in [-0.1, -0.05) is 42.5 Å². The van der Waals surface area contributed by atoms with Gasteiger partial charge in [-0.25, -0.2) is 0 Å². The number of aliphatic imine (C=N–C) groups is 1. The topological polar surface area (TPSA) is 395 Å². The van der Waals surface area contributed by atoms with Crippen molar-refractivity contribution in [2.75, 3.05) is 31.1 Å². The van der Waals surface area contributed by atoms with Crippen LogP contribution < -0.4 is 60.2 Å². The molecule has 382 valence electrons. The number of likely N-dealkylation sites (tertiary alicyclic amines) is 1. The fourth-order valence-corrected chi connectivity index (χ4v) is 7.61. The van der Waals surface area contributed by atoms with Crippen LogP contribution in [0.2, 0.25) is 0 Å². The molecule has 1 aliphatic heterocycles. The van der Waals surface area contributed by atoms with Crippen LogP contribution in [0.25, 0.3) is 0 Å². The SMILES string of the molecule is C[C@H](NC(=O)[C@H](Cc1ccccc1)NC(=O)[C@H](Cc1ccc(O)cc1)NC(=O)CCS)C(=O)N[C@@H](CC(N)=O)C(=O)N[C@@H](CS)C(=O)N1CCC[C@H]1C(=O)N[C@H](CCCN=C(N)N)C(=O)NCC(N)=O. The molecule has 0 radical (unpaired) electrons. The van der Waals surface area contributed by atoms with E-state index in [1.165, 1.54) is 24.0 Å². The molecule has 24 nitrogen and oxygen atoms in total. The fourth-order valence-electron chi connectivity index (χ4n) is 7.16. The van der Waals surface area contributed by atoms with E-state index in [1.54, 1.807) is 42.5 Å². The zero-order valence-electron chi connectivity index (χ0n) is 38.6. The van der Waals surface area contributed by atoms with Crippen molar-refractivity contribution < 1.29 is 53.1 Å². The summed E-state index contributed by atoms with van der Waals surface area (Å²) in [5.74, 6) is -8.31. The number of aromatic hydroxyl groups is 1. The van der Waals surface area contributed by atoms with Gasteiger partial charge < -0.3 is 70.2 Å². The molecule has 0 unspecified atom stereocenters. The lowest BCUT2D eigenvalue weighted by Gasteiger charge is -2.30. The van der Waals surface area contributed by atoms with Gasteiger partial charge in [-0.3, -0.25) is 52.9 Å². The number of carbonyl (C=O) groups is 10. The number of hydrogen-bond donors (Lipinski definition) is 14. The minimum absolute atomic E-state index is 0.00250. The predicted molar refractivity (Wildman–Crippen MR) is 262 cm³/mol. The molecule has 2 aromatic rings. The maximum Gasteiger partial charge on any atom is 0.246 e. The average Bonchev–Trinajstić information content (AvgIpc) is 3.81. The van der Waals surface area contributed by atoms with Gasteiger partial charge in [-0.2, -0.15) is 25.3 Å². The molecular weight excluding hydrogens is 951 g/mol. The second kappa shape index (κ2) is 29.1. The number of benzene rings is 2. The molecule has 1 aliphatic rings. The van der Waals surface area contributed by atoms with Gasteiger partial charge in [0.15, 0.2) is 5.96 Å². The summed E-state index contributed by atoms with van der Waals surface area (Å²) in [6, 6.07) is 5.40. The molecule has 2 aromatic carbocycles. The Labute approximate surface area is 415 Å². The molecule has 3 rings (SSSR count). The standard InChI is InChI=1S/C44H63N13O11S2/c1-24(51-39(64)30(19-25-7-3-2-4-8-25)55-40(65)29(52-36(61)15-18-69)20-26-11-13-27(58)14-12-26)37(62)54-31(21-34(45)59)41(66)56-32(23-70)43(68)57-17-6-10-33(57)42(67)53-28(9-5-16-49-44(47)48)38(63)50-22-35(46)60/h2-4,7-8,11-14,24,28-33,58,69-70H,5-6,9-10,15-23H2,1H3,(H2,45,59)(H2,46,60)(H,50,63)(H,51,64)(H,52,61)(H,53,67)(H,54,62)(H,55,65)(H,56,66)(H4,47,48,49)/t24-,28+,29-,30-,31-,32-,33-/m0/s1. The third-order valence-corrected chi connectivity index (χ3v) is 11.3. The van der Waals surface area contributed by atoms with Gasteiger partial charge in [0.25, 0.3) is 0 Å². The Hall–Kier alpha value is -7.09. The number of nitrogens with two attached hydrogens (primary N) is 4. The number of rotatable bonds is 28. The summed E-state index contributed by atoms with van der Waals surface area (Å²) in [5, 5.41) is 27.4. The molecule has 1 heterocycles. The van der Waals surface area contributed by atoms with Crippen LogP contribution in [-0.4, -0.2) is 148 Å². The molecule has 0 aliphatic carbocycles. The minimum atomic E-state index is -1.67. The zero-order chi connectivity index (χ0) is 51.9. The first-order valence-electron chi connectivity index (χ1n) is 22.3. The van der Waals surface area contributed by atoms with E-state index in [0.717, 1.165) is 0 Å². The highest BCUT2D eigenvalue weighted by Gasteiger charge is 2.40. The van der Waals surface area contributed by atoms with Crippen LogP contribution in [0.4, 0.5) is 0 Å². The second-order valence-corrected chi connectivity index (χ2v) is 17.1. The van der Waals surface area contributed by atoms with Crippen LogP contribution in [0.3, 0.4) is 0 Å². The van der Waals surface area contributed by atoms with E-state index in [9.17, 15) is 53.1 Å². The number of hydrogen-bond acceptors (Lipinski definition) is 14. The van der Waals surface area contributed by atoms with E-state index < -0.39 is 114 Å². The van der Waals surface area contributed by atoms with Crippen molar-refractivity contribution in [3.63, 3.8) is 0 Å². The van der Waals surface area contributed by atoms with Crippen molar-refractivity contribution in [3.8, 4) is 5.75 Å². The lowest BCUT2D eigenvalue weighted by atomic mass is 10.0.